The number of hydrogen-bond acceptors (Lipinski definition) is 4. The zero-order valence-electron chi connectivity index (χ0n) is 15.3. The second kappa shape index (κ2) is 12.1. The highest BCUT2D eigenvalue weighted by Gasteiger charge is 2.24. The van der Waals surface area contributed by atoms with Gasteiger partial charge in [0.25, 0.3) is 5.91 Å². The molecule has 0 aliphatic carbocycles. The van der Waals surface area contributed by atoms with Crippen LogP contribution in [0.25, 0.3) is 0 Å². The Morgan fingerprint density at radius 1 is 1.28 bits per heavy atom. The molecule has 4 N–H and O–H groups in total. The number of amides is 3. The molecule has 0 aliphatic rings. The smallest absolute Gasteiger partial charge is 0.328 e. The summed E-state index contributed by atoms with van der Waals surface area (Å²) >= 11 is 17.7. The number of aliphatic carboxylic acids is 1. The van der Waals surface area contributed by atoms with Crippen LogP contribution in [0.2, 0.25) is 5.02 Å². The lowest BCUT2D eigenvalue weighted by Crippen LogP contribution is -2.50. The molecule has 11 heteroatoms. The van der Waals surface area contributed by atoms with Crippen molar-refractivity contribution in [2.45, 2.75) is 19.5 Å². The summed E-state index contributed by atoms with van der Waals surface area (Å²) in [6.45, 7) is 4.44. The van der Waals surface area contributed by atoms with E-state index in [2.05, 4.69) is 27.7 Å². The standard InChI is InChI=1S/C18H19Cl3N4O4/c1-10(19)15(13(21)8-22-2)16(26)25-14(17(27)28)9-24-18(29)23-7-11-4-3-5-12(20)6-11/h3-6,8,14H,2,7,9H2,1H3,(H,25,26)(H,27,28)(H2,23,24,29)/b13-8+,15-10-/t14-/m0/s1. The summed E-state index contributed by atoms with van der Waals surface area (Å²) in [5.41, 5.74) is 0.609. The lowest BCUT2D eigenvalue weighted by atomic mass is 10.2. The molecule has 156 valence electrons. The highest BCUT2D eigenvalue weighted by molar-refractivity contribution is 6.39. The van der Waals surface area contributed by atoms with Gasteiger partial charge in [-0.3, -0.25) is 9.79 Å². The molecule has 1 rings (SSSR count). The summed E-state index contributed by atoms with van der Waals surface area (Å²) in [6, 6.07) is 4.83. The number of halogens is 3. The zero-order valence-corrected chi connectivity index (χ0v) is 17.6. The molecular formula is C18H19Cl3N4O4. The maximum Gasteiger partial charge on any atom is 0.328 e. The minimum Gasteiger partial charge on any atom is -0.480 e. The Morgan fingerprint density at radius 3 is 2.52 bits per heavy atom. The van der Waals surface area contributed by atoms with Gasteiger partial charge in [0.2, 0.25) is 0 Å². The summed E-state index contributed by atoms with van der Waals surface area (Å²) < 4.78 is 0. The van der Waals surface area contributed by atoms with Crippen LogP contribution in [0, 0.1) is 0 Å². The fourth-order valence-corrected chi connectivity index (χ4v) is 2.84. The van der Waals surface area contributed by atoms with Gasteiger partial charge in [0, 0.05) is 22.8 Å². The molecule has 1 atom stereocenters. The average Bonchev–Trinajstić information content (AvgIpc) is 2.63. The van der Waals surface area contributed by atoms with E-state index in [-0.39, 0.29) is 28.7 Å². The van der Waals surface area contributed by atoms with E-state index >= 15 is 0 Å². The van der Waals surface area contributed by atoms with Crippen LogP contribution in [-0.2, 0) is 16.1 Å². The molecule has 0 aliphatic heterocycles. The first-order valence-corrected chi connectivity index (χ1v) is 9.27. The minimum absolute atomic E-state index is 0.0313. The van der Waals surface area contributed by atoms with Crippen molar-refractivity contribution in [3.8, 4) is 0 Å². The fourth-order valence-electron chi connectivity index (χ4n) is 2.09. The lowest BCUT2D eigenvalue weighted by Gasteiger charge is -2.17. The van der Waals surface area contributed by atoms with E-state index in [1.807, 2.05) is 0 Å². The normalized spacial score (nSPS) is 13.0. The van der Waals surface area contributed by atoms with Crippen molar-refractivity contribution in [1.82, 2.24) is 16.0 Å². The van der Waals surface area contributed by atoms with Crippen LogP contribution in [0.3, 0.4) is 0 Å². The number of carboxylic acid groups (broad SMARTS) is 1. The molecule has 0 unspecified atom stereocenters. The Morgan fingerprint density at radius 2 is 1.97 bits per heavy atom. The Kier molecular flexibility index (Phi) is 10.2. The highest BCUT2D eigenvalue weighted by Crippen LogP contribution is 2.21. The van der Waals surface area contributed by atoms with Gasteiger partial charge >= 0.3 is 12.0 Å². The molecule has 0 saturated carbocycles. The van der Waals surface area contributed by atoms with E-state index in [1.165, 1.54) is 6.92 Å². The quantitative estimate of drug-likeness (QED) is 0.257. The lowest BCUT2D eigenvalue weighted by molar-refractivity contribution is -0.141. The SMILES string of the molecule is C=N/C=C(Cl)\C(C(=O)N[C@@H](CNC(=O)NCc1cccc(Cl)c1)C(=O)O)=C(/C)Cl. The van der Waals surface area contributed by atoms with Gasteiger partial charge in [-0.25, -0.2) is 9.59 Å². The van der Waals surface area contributed by atoms with Crippen LogP contribution in [0.4, 0.5) is 4.79 Å². The van der Waals surface area contributed by atoms with Crippen molar-refractivity contribution in [1.29, 1.82) is 0 Å². The van der Waals surface area contributed by atoms with Crippen LogP contribution < -0.4 is 16.0 Å². The Balaban J connectivity index is 2.69. The average molecular weight is 462 g/mol. The summed E-state index contributed by atoms with van der Waals surface area (Å²) in [6.07, 6.45) is 1.10. The van der Waals surface area contributed by atoms with Gasteiger partial charge in [0.15, 0.2) is 0 Å². The van der Waals surface area contributed by atoms with Crippen molar-refractivity contribution in [2.75, 3.05) is 6.54 Å². The Hall–Kier alpha value is -2.55. The molecule has 8 nitrogen and oxygen atoms in total. The summed E-state index contributed by atoms with van der Waals surface area (Å²) in [5.74, 6) is -2.20. The second-order valence-electron chi connectivity index (χ2n) is 5.63. The molecule has 0 radical (unpaired) electrons. The van der Waals surface area contributed by atoms with Crippen LogP contribution in [0.1, 0.15) is 12.5 Å². The number of carboxylic acids is 1. The summed E-state index contributed by atoms with van der Waals surface area (Å²) in [7, 11) is 0. The summed E-state index contributed by atoms with van der Waals surface area (Å²) in [4.78, 5) is 39.1. The predicted molar refractivity (Wildman–Crippen MR) is 113 cm³/mol. The van der Waals surface area contributed by atoms with Crippen LogP contribution in [0.5, 0.6) is 0 Å². The molecule has 0 aromatic heterocycles. The number of nitrogens with one attached hydrogen (secondary N) is 3. The maximum atomic E-state index is 12.4. The van der Waals surface area contributed by atoms with Crippen molar-refractivity contribution in [3.63, 3.8) is 0 Å². The molecule has 0 spiro atoms. The highest BCUT2D eigenvalue weighted by atomic mass is 35.5. The third-order valence-corrected chi connectivity index (χ3v) is 4.14. The van der Waals surface area contributed by atoms with Gasteiger partial charge < -0.3 is 21.1 Å². The van der Waals surface area contributed by atoms with E-state index in [1.54, 1.807) is 24.3 Å². The largest absolute Gasteiger partial charge is 0.480 e. The molecule has 1 aromatic rings. The van der Waals surface area contributed by atoms with Crippen molar-refractivity contribution < 1.29 is 19.5 Å². The molecule has 0 saturated heterocycles. The monoisotopic (exact) mass is 460 g/mol. The molecule has 29 heavy (non-hydrogen) atoms. The molecule has 0 heterocycles. The fraction of sp³-hybridized carbons (Fsp3) is 0.222. The van der Waals surface area contributed by atoms with Crippen molar-refractivity contribution in [2.24, 2.45) is 4.99 Å². The Bertz CT molecular complexity index is 851. The zero-order chi connectivity index (χ0) is 22.0. The molecule has 0 fully saturated rings. The number of urea groups is 1. The second-order valence-corrected chi connectivity index (χ2v) is 7.04. The third-order valence-electron chi connectivity index (χ3n) is 3.43. The van der Waals surface area contributed by atoms with E-state index in [0.29, 0.717) is 5.02 Å². The van der Waals surface area contributed by atoms with E-state index < -0.39 is 23.9 Å². The molecule has 1 aromatic carbocycles. The van der Waals surface area contributed by atoms with Gasteiger partial charge in [-0.05, 0) is 31.3 Å². The van der Waals surface area contributed by atoms with Gasteiger partial charge in [0.1, 0.15) is 6.04 Å². The van der Waals surface area contributed by atoms with E-state index in [9.17, 15) is 19.5 Å². The summed E-state index contributed by atoms with van der Waals surface area (Å²) in [5, 5.41) is 16.9. The Labute approximate surface area is 182 Å². The molecule has 3 amide bonds. The first-order chi connectivity index (χ1) is 13.6. The number of aliphatic imine (C=N–C) groups is 1. The number of allylic oxidation sites excluding steroid dienone is 1. The first-order valence-electron chi connectivity index (χ1n) is 8.13. The number of nitrogens with zero attached hydrogens (tertiary/aromatic N) is 1. The molecule has 0 bridgehead atoms. The van der Waals surface area contributed by atoms with Gasteiger partial charge in [-0.15, -0.1) is 0 Å². The number of benzene rings is 1. The van der Waals surface area contributed by atoms with Crippen LogP contribution >= 0.6 is 34.8 Å². The number of hydrogen-bond donors (Lipinski definition) is 4. The van der Waals surface area contributed by atoms with E-state index in [0.717, 1.165) is 11.8 Å². The first kappa shape index (κ1) is 24.5. The minimum atomic E-state index is -1.42. The predicted octanol–water partition coefficient (Wildman–Crippen LogP) is 3.00. The van der Waals surface area contributed by atoms with E-state index in [4.69, 9.17) is 34.8 Å². The third kappa shape index (κ3) is 8.55. The van der Waals surface area contributed by atoms with Gasteiger partial charge in [-0.1, -0.05) is 46.9 Å². The number of carbonyl (C=O) groups is 3. The van der Waals surface area contributed by atoms with Crippen molar-refractivity contribution >= 4 is 59.4 Å². The molecular weight excluding hydrogens is 443 g/mol. The number of rotatable bonds is 9. The van der Waals surface area contributed by atoms with Gasteiger partial charge in [-0.2, -0.15) is 0 Å². The van der Waals surface area contributed by atoms with Gasteiger partial charge in [0.05, 0.1) is 17.2 Å². The maximum absolute atomic E-state index is 12.4. The topological polar surface area (TPSA) is 120 Å². The van der Waals surface area contributed by atoms with Crippen LogP contribution in [-0.4, -0.2) is 42.3 Å². The van der Waals surface area contributed by atoms with Crippen LogP contribution in [0.15, 0.2) is 51.1 Å². The number of carbonyl (C=O) groups excluding carboxylic acids is 2. The van der Waals surface area contributed by atoms with Crippen molar-refractivity contribution in [3.05, 3.63) is 56.7 Å².